The lowest BCUT2D eigenvalue weighted by molar-refractivity contribution is -0.138. The summed E-state index contributed by atoms with van der Waals surface area (Å²) in [7, 11) is -7.68. The SMILES string of the molecule is O=C(O)CCCCCCCCCCCS(=O)(=O)c1ccccc1S(=O)(=O)CCCC(=O)O. The van der Waals surface area contributed by atoms with Gasteiger partial charge in [0.15, 0.2) is 19.7 Å². The van der Waals surface area contributed by atoms with Gasteiger partial charge in [-0.2, -0.15) is 0 Å². The number of sulfone groups is 2. The molecule has 8 nitrogen and oxygen atoms in total. The number of carboxylic acids is 2. The van der Waals surface area contributed by atoms with E-state index >= 15 is 0 Å². The highest BCUT2D eigenvalue weighted by Gasteiger charge is 2.25. The summed E-state index contributed by atoms with van der Waals surface area (Å²) in [4.78, 5) is 20.6. The van der Waals surface area contributed by atoms with Gasteiger partial charge in [-0.25, -0.2) is 16.8 Å². The van der Waals surface area contributed by atoms with Crippen molar-refractivity contribution in [2.75, 3.05) is 11.5 Å². The van der Waals surface area contributed by atoms with E-state index < -0.39 is 37.4 Å². The Morgan fingerprint density at radius 2 is 0.906 bits per heavy atom. The molecule has 182 valence electrons. The Hall–Kier alpha value is -1.94. The molecule has 0 bridgehead atoms. The third-order valence-electron chi connectivity index (χ3n) is 5.13. The summed E-state index contributed by atoms with van der Waals surface area (Å²) in [5.74, 6) is -2.41. The van der Waals surface area contributed by atoms with E-state index in [1.807, 2.05) is 0 Å². The number of rotatable bonds is 18. The topological polar surface area (TPSA) is 143 Å². The molecule has 0 amide bonds. The molecule has 0 saturated carbocycles. The van der Waals surface area contributed by atoms with Crippen LogP contribution in [-0.2, 0) is 29.3 Å². The highest BCUT2D eigenvalue weighted by Crippen LogP contribution is 2.24. The summed E-state index contributed by atoms with van der Waals surface area (Å²) >= 11 is 0. The van der Waals surface area contributed by atoms with Crippen LogP contribution in [0, 0.1) is 0 Å². The molecule has 0 aliphatic carbocycles. The third-order valence-corrected chi connectivity index (χ3v) is 8.96. The second-order valence-electron chi connectivity index (χ2n) is 7.91. The molecule has 0 atom stereocenters. The quantitative estimate of drug-likeness (QED) is 0.293. The summed E-state index contributed by atoms with van der Waals surface area (Å²) in [5, 5.41) is 17.3. The van der Waals surface area contributed by atoms with Gasteiger partial charge in [0.2, 0.25) is 0 Å². The maximum absolute atomic E-state index is 12.8. The van der Waals surface area contributed by atoms with Crippen LogP contribution in [-0.4, -0.2) is 50.5 Å². The average Bonchev–Trinajstić information content (AvgIpc) is 2.71. The van der Waals surface area contributed by atoms with Crippen molar-refractivity contribution in [3.63, 3.8) is 0 Å². The van der Waals surface area contributed by atoms with Gasteiger partial charge in [0.1, 0.15) is 0 Å². The lowest BCUT2D eigenvalue weighted by Crippen LogP contribution is -2.15. The van der Waals surface area contributed by atoms with Crippen LogP contribution in [0.15, 0.2) is 34.1 Å². The van der Waals surface area contributed by atoms with Crippen molar-refractivity contribution in [2.45, 2.75) is 86.8 Å². The molecular weight excluding hydrogens is 456 g/mol. The molecule has 1 aromatic rings. The third kappa shape index (κ3) is 11.1. The van der Waals surface area contributed by atoms with Crippen LogP contribution >= 0.6 is 0 Å². The first-order chi connectivity index (χ1) is 15.1. The molecule has 0 unspecified atom stereocenters. The maximum Gasteiger partial charge on any atom is 0.303 e. The Morgan fingerprint density at radius 1 is 0.562 bits per heavy atom. The molecule has 0 aliphatic rings. The van der Waals surface area contributed by atoms with Gasteiger partial charge in [0.25, 0.3) is 0 Å². The van der Waals surface area contributed by atoms with E-state index in [0.717, 1.165) is 44.9 Å². The predicted molar refractivity (Wildman–Crippen MR) is 121 cm³/mol. The van der Waals surface area contributed by atoms with Crippen LogP contribution in [0.4, 0.5) is 0 Å². The van der Waals surface area contributed by atoms with Crippen molar-refractivity contribution < 1.29 is 36.6 Å². The minimum atomic E-state index is -3.90. The molecule has 0 radical (unpaired) electrons. The Labute approximate surface area is 190 Å². The molecule has 0 fully saturated rings. The van der Waals surface area contributed by atoms with Gasteiger partial charge in [-0.3, -0.25) is 9.59 Å². The Morgan fingerprint density at radius 3 is 1.34 bits per heavy atom. The molecule has 1 rings (SSSR count). The second-order valence-corrected chi connectivity index (χ2v) is 12.1. The summed E-state index contributed by atoms with van der Waals surface area (Å²) < 4.78 is 50.7. The number of carboxylic acid groups (broad SMARTS) is 2. The number of unbranched alkanes of at least 4 members (excludes halogenated alkanes) is 8. The summed E-state index contributed by atoms with van der Waals surface area (Å²) in [5.41, 5.74) is 0. The van der Waals surface area contributed by atoms with Crippen molar-refractivity contribution in [3.05, 3.63) is 24.3 Å². The summed E-state index contributed by atoms with van der Waals surface area (Å²) in [6.45, 7) is 0. The lowest BCUT2D eigenvalue weighted by Gasteiger charge is -2.11. The Balaban J connectivity index is 2.46. The fraction of sp³-hybridized carbons (Fsp3) is 0.636. The van der Waals surface area contributed by atoms with Gasteiger partial charge >= 0.3 is 11.9 Å². The van der Waals surface area contributed by atoms with E-state index in [9.17, 15) is 26.4 Å². The van der Waals surface area contributed by atoms with Gasteiger partial charge in [0.05, 0.1) is 21.3 Å². The highest BCUT2D eigenvalue weighted by atomic mass is 32.2. The minimum absolute atomic E-state index is 0.0778. The molecular formula is C22H34O8S2. The van der Waals surface area contributed by atoms with Crippen LogP contribution < -0.4 is 0 Å². The van der Waals surface area contributed by atoms with Crippen LogP contribution in [0.5, 0.6) is 0 Å². The molecule has 32 heavy (non-hydrogen) atoms. The normalized spacial score (nSPS) is 12.0. The van der Waals surface area contributed by atoms with Crippen molar-refractivity contribution in [1.29, 1.82) is 0 Å². The molecule has 0 aromatic heterocycles. The largest absolute Gasteiger partial charge is 0.481 e. The van der Waals surface area contributed by atoms with E-state index in [2.05, 4.69) is 0 Å². The van der Waals surface area contributed by atoms with E-state index in [0.29, 0.717) is 12.8 Å². The number of hydrogen-bond donors (Lipinski definition) is 2. The number of aliphatic carboxylic acids is 2. The van der Waals surface area contributed by atoms with Crippen LogP contribution in [0.3, 0.4) is 0 Å². The van der Waals surface area contributed by atoms with Crippen molar-refractivity contribution in [1.82, 2.24) is 0 Å². The molecule has 10 heteroatoms. The number of carbonyl (C=O) groups is 2. The van der Waals surface area contributed by atoms with Gasteiger partial charge in [0, 0.05) is 12.8 Å². The van der Waals surface area contributed by atoms with Crippen molar-refractivity contribution >= 4 is 31.6 Å². The zero-order valence-corrected chi connectivity index (χ0v) is 20.0. The van der Waals surface area contributed by atoms with Gasteiger partial charge < -0.3 is 10.2 Å². The highest BCUT2D eigenvalue weighted by molar-refractivity contribution is 7.94. The van der Waals surface area contributed by atoms with Crippen molar-refractivity contribution in [3.8, 4) is 0 Å². The standard InChI is InChI=1S/C22H34O8S2/c23-21(24)15-8-6-4-2-1-3-5-7-11-17-31(27,28)19-13-9-10-14-20(19)32(29,30)18-12-16-22(25)26/h9-10,13-14H,1-8,11-12,15-18H2,(H,23,24)(H,25,26). The monoisotopic (exact) mass is 490 g/mol. The molecule has 0 saturated heterocycles. The molecule has 1 aromatic carbocycles. The fourth-order valence-corrected chi connectivity index (χ4v) is 7.03. The van der Waals surface area contributed by atoms with Crippen molar-refractivity contribution in [2.24, 2.45) is 0 Å². The maximum atomic E-state index is 12.8. The van der Waals surface area contributed by atoms with Crippen LogP contribution in [0.25, 0.3) is 0 Å². The number of benzene rings is 1. The van der Waals surface area contributed by atoms with Gasteiger partial charge in [-0.15, -0.1) is 0 Å². The van der Waals surface area contributed by atoms with Gasteiger partial charge in [-0.05, 0) is 31.4 Å². The second kappa shape index (κ2) is 14.3. The Bertz CT molecular complexity index is 936. The fourth-order valence-electron chi connectivity index (χ4n) is 3.40. The molecule has 0 spiro atoms. The first-order valence-corrected chi connectivity index (χ1v) is 14.3. The minimum Gasteiger partial charge on any atom is -0.481 e. The summed E-state index contributed by atoms with van der Waals surface area (Å²) in [6.07, 6.45) is 7.53. The molecule has 0 aliphatic heterocycles. The summed E-state index contributed by atoms with van der Waals surface area (Å²) in [6, 6.07) is 5.51. The predicted octanol–water partition coefficient (Wildman–Crippen LogP) is 4.08. The van der Waals surface area contributed by atoms with E-state index in [1.54, 1.807) is 0 Å². The van der Waals surface area contributed by atoms with E-state index in [4.69, 9.17) is 10.2 Å². The first-order valence-electron chi connectivity index (χ1n) is 11.0. The van der Waals surface area contributed by atoms with Crippen LogP contribution in [0.1, 0.15) is 77.0 Å². The zero-order valence-electron chi connectivity index (χ0n) is 18.4. The average molecular weight is 491 g/mol. The molecule has 0 heterocycles. The van der Waals surface area contributed by atoms with E-state index in [1.165, 1.54) is 24.3 Å². The van der Waals surface area contributed by atoms with Crippen LogP contribution in [0.2, 0.25) is 0 Å². The molecule has 2 N–H and O–H groups in total. The van der Waals surface area contributed by atoms with Gasteiger partial charge in [-0.1, -0.05) is 57.1 Å². The Kier molecular flexibility index (Phi) is 12.5. The first kappa shape index (κ1) is 28.1. The van der Waals surface area contributed by atoms with E-state index in [-0.39, 0.29) is 34.8 Å². The number of hydrogen-bond acceptors (Lipinski definition) is 6. The smallest absolute Gasteiger partial charge is 0.303 e. The lowest BCUT2D eigenvalue weighted by atomic mass is 10.1. The zero-order chi connectivity index (χ0) is 24.0.